The average Bonchev–Trinajstić information content (AvgIpc) is 3.56. The molecule has 0 aliphatic carbocycles. The van der Waals surface area contributed by atoms with E-state index in [4.69, 9.17) is 10.1 Å². The number of nitrogens with one attached hydrogen (secondary N) is 1. The third kappa shape index (κ3) is 4.23. The number of hydrogen-bond acceptors (Lipinski definition) is 6. The minimum absolute atomic E-state index is 0.114. The second-order valence-electron chi connectivity index (χ2n) is 9.47. The van der Waals surface area contributed by atoms with Crippen LogP contribution in [0, 0.1) is 5.82 Å². The van der Waals surface area contributed by atoms with Crippen molar-refractivity contribution in [3.63, 3.8) is 0 Å². The quantitative estimate of drug-likeness (QED) is 0.464. The first-order valence-electron chi connectivity index (χ1n) is 12.5. The maximum Gasteiger partial charge on any atom is 0.154 e. The number of halogens is 1. The van der Waals surface area contributed by atoms with Gasteiger partial charge in [-0.1, -0.05) is 18.2 Å². The Morgan fingerprint density at radius 3 is 2.74 bits per heavy atom. The normalized spacial score (nSPS) is 20.6. The number of likely N-dealkylation sites (N-methyl/N-ethyl adjacent to an activating group) is 1. The lowest BCUT2D eigenvalue weighted by Crippen LogP contribution is -2.44. The monoisotopic (exact) mass is 471 g/mol. The van der Waals surface area contributed by atoms with Gasteiger partial charge in [0, 0.05) is 25.7 Å². The van der Waals surface area contributed by atoms with Crippen molar-refractivity contribution < 1.29 is 4.39 Å². The molecule has 2 aliphatic rings. The highest BCUT2D eigenvalue weighted by Gasteiger charge is 2.28. The Morgan fingerprint density at radius 1 is 0.971 bits per heavy atom. The van der Waals surface area contributed by atoms with Crippen molar-refractivity contribution in [3.8, 4) is 11.4 Å². The Bertz CT molecular complexity index is 1340. The Kier molecular flexibility index (Phi) is 5.82. The van der Waals surface area contributed by atoms with E-state index in [0.717, 1.165) is 73.1 Å². The molecular weight excluding hydrogens is 441 g/mol. The standard InChI is InChI=1S/C27H30FN7/c1-29-21-8-4-14-33(18-21)26-11-3-9-22(31-26)24-17-30-25-12-13-27(32-35(24)25)34-15-5-10-23(34)19-6-2-7-20(28)16-19/h2-3,6-7,9,11-13,16-17,21,23,29H,4-5,8,10,14-15,18H2,1H3/t21?,23-/m1/s1. The van der Waals surface area contributed by atoms with E-state index < -0.39 is 0 Å². The summed E-state index contributed by atoms with van der Waals surface area (Å²) < 4.78 is 15.8. The number of rotatable bonds is 5. The molecule has 1 aromatic carbocycles. The molecule has 7 nitrogen and oxygen atoms in total. The number of pyridine rings is 1. The zero-order valence-corrected chi connectivity index (χ0v) is 19.9. The zero-order chi connectivity index (χ0) is 23.8. The molecule has 0 radical (unpaired) electrons. The van der Waals surface area contributed by atoms with E-state index in [2.05, 4.69) is 32.2 Å². The number of aromatic nitrogens is 4. The Balaban J connectivity index is 1.33. The predicted molar refractivity (Wildman–Crippen MR) is 136 cm³/mol. The summed E-state index contributed by atoms with van der Waals surface area (Å²) >= 11 is 0. The highest BCUT2D eigenvalue weighted by molar-refractivity contribution is 5.62. The fourth-order valence-electron chi connectivity index (χ4n) is 5.46. The molecule has 35 heavy (non-hydrogen) atoms. The molecule has 2 aliphatic heterocycles. The van der Waals surface area contributed by atoms with Gasteiger partial charge in [0.1, 0.15) is 23.1 Å². The van der Waals surface area contributed by atoms with Crippen LogP contribution in [-0.2, 0) is 0 Å². The van der Waals surface area contributed by atoms with Crippen molar-refractivity contribution in [2.75, 3.05) is 36.5 Å². The minimum Gasteiger partial charge on any atom is -0.355 e. The first kappa shape index (κ1) is 22.0. The van der Waals surface area contributed by atoms with E-state index in [0.29, 0.717) is 6.04 Å². The van der Waals surface area contributed by atoms with E-state index in [1.165, 1.54) is 12.5 Å². The Morgan fingerprint density at radius 2 is 1.86 bits per heavy atom. The predicted octanol–water partition coefficient (Wildman–Crippen LogP) is 4.46. The van der Waals surface area contributed by atoms with E-state index in [-0.39, 0.29) is 11.9 Å². The summed E-state index contributed by atoms with van der Waals surface area (Å²) in [5.74, 6) is 1.65. The molecule has 2 saturated heterocycles. The van der Waals surface area contributed by atoms with Gasteiger partial charge in [-0.05, 0) is 74.7 Å². The number of benzene rings is 1. The van der Waals surface area contributed by atoms with Gasteiger partial charge < -0.3 is 15.1 Å². The molecular formula is C27H30FN7. The van der Waals surface area contributed by atoms with Crippen molar-refractivity contribution >= 4 is 17.3 Å². The first-order chi connectivity index (χ1) is 17.2. The molecule has 0 saturated carbocycles. The number of anilines is 2. The molecule has 3 aromatic heterocycles. The molecule has 2 atom stereocenters. The molecule has 5 heterocycles. The van der Waals surface area contributed by atoms with Gasteiger partial charge >= 0.3 is 0 Å². The highest BCUT2D eigenvalue weighted by atomic mass is 19.1. The van der Waals surface area contributed by atoms with Crippen LogP contribution in [0.1, 0.15) is 37.3 Å². The van der Waals surface area contributed by atoms with Gasteiger partial charge in [0.25, 0.3) is 0 Å². The lowest BCUT2D eigenvalue weighted by atomic mass is 10.0. The fourth-order valence-corrected chi connectivity index (χ4v) is 5.46. The van der Waals surface area contributed by atoms with E-state index in [9.17, 15) is 4.39 Å². The highest BCUT2D eigenvalue weighted by Crippen LogP contribution is 2.35. The summed E-state index contributed by atoms with van der Waals surface area (Å²) in [4.78, 5) is 14.2. The molecule has 8 heteroatoms. The van der Waals surface area contributed by atoms with Gasteiger partial charge in [0.2, 0.25) is 0 Å². The fraction of sp³-hybridized carbons (Fsp3) is 0.370. The van der Waals surface area contributed by atoms with Crippen LogP contribution in [0.4, 0.5) is 16.0 Å². The lowest BCUT2D eigenvalue weighted by molar-refractivity contribution is 0.448. The van der Waals surface area contributed by atoms with Gasteiger partial charge in [-0.25, -0.2) is 18.9 Å². The molecule has 1 N–H and O–H groups in total. The van der Waals surface area contributed by atoms with Crippen LogP contribution in [-0.4, -0.2) is 52.3 Å². The third-order valence-corrected chi connectivity index (χ3v) is 7.28. The van der Waals surface area contributed by atoms with Gasteiger partial charge in [-0.2, -0.15) is 0 Å². The van der Waals surface area contributed by atoms with Crippen LogP contribution >= 0.6 is 0 Å². The summed E-state index contributed by atoms with van der Waals surface area (Å²) in [7, 11) is 2.03. The molecule has 0 spiro atoms. The zero-order valence-electron chi connectivity index (χ0n) is 19.9. The Hall–Kier alpha value is -3.52. The van der Waals surface area contributed by atoms with Gasteiger partial charge in [0.05, 0.1) is 17.9 Å². The van der Waals surface area contributed by atoms with Gasteiger partial charge in [-0.15, -0.1) is 5.10 Å². The van der Waals surface area contributed by atoms with Gasteiger partial charge in [0.15, 0.2) is 5.65 Å². The van der Waals surface area contributed by atoms with Gasteiger partial charge in [-0.3, -0.25) is 0 Å². The average molecular weight is 472 g/mol. The number of hydrogen-bond donors (Lipinski definition) is 1. The number of nitrogens with zero attached hydrogens (tertiary/aromatic N) is 6. The minimum atomic E-state index is -0.199. The maximum atomic E-state index is 13.9. The molecule has 180 valence electrons. The molecule has 1 unspecified atom stereocenters. The molecule has 4 aromatic rings. The largest absolute Gasteiger partial charge is 0.355 e. The number of imidazole rings is 1. The van der Waals surface area contributed by atoms with Crippen LogP contribution in [0.3, 0.4) is 0 Å². The number of fused-ring (bicyclic) bond motifs is 1. The molecule has 0 amide bonds. The summed E-state index contributed by atoms with van der Waals surface area (Å²) in [6, 6.07) is 17.7. The summed E-state index contributed by atoms with van der Waals surface area (Å²) in [5, 5.41) is 8.38. The van der Waals surface area contributed by atoms with Crippen LogP contribution in [0.2, 0.25) is 0 Å². The number of piperidine rings is 1. The molecule has 0 bridgehead atoms. The van der Waals surface area contributed by atoms with Crippen LogP contribution in [0.5, 0.6) is 0 Å². The second kappa shape index (κ2) is 9.26. The van der Waals surface area contributed by atoms with Crippen LogP contribution < -0.4 is 15.1 Å². The van der Waals surface area contributed by atoms with Crippen molar-refractivity contribution in [1.29, 1.82) is 0 Å². The summed E-state index contributed by atoms with van der Waals surface area (Å²) in [6.45, 7) is 2.86. The summed E-state index contributed by atoms with van der Waals surface area (Å²) in [5.41, 5.74) is 3.50. The SMILES string of the molecule is CNC1CCCN(c2cccc(-c3cnc4ccc(N5CCC[C@@H]5c5cccc(F)c5)nn34)n2)C1. The van der Waals surface area contributed by atoms with E-state index in [1.807, 2.05) is 42.0 Å². The smallest absolute Gasteiger partial charge is 0.154 e. The van der Waals surface area contributed by atoms with Crippen molar-refractivity contribution in [3.05, 3.63) is 72.2 Å². The second-order valence-corrected chi connectivity index (χ2v) is 9.47. The lowest BCUT2D eigenvalue weighted by Gasteiger charge is -2.33. The van der Waals surface area contributed by atoms with Crippen LogP contribution in [0.15, 0.2) is 60.8 Å². The third-order valence-electron chi connectivity index (χ3n) is 7.28. The van der Waals surface area contributed by atoms with E-state index >= 15 is 0 Å². The maximum absolute atomic E-state index is 13.9. The first-order valence-corrected chi connectivity index (χ1v) is 12.5. The molecule has 2 fully saturated rings. The van der Waals surface area contributed by atoms with Crippen molar-refractivity contribution in [2.45, 2.75) is 37.8 Å². The molecule has 6 rings (SSSR count). The summed E-state index contributed by atoms with van der Waals surface area (Å²) in [6.07, 6.45) is 6.22. The Labute approximate surface area is 204 Å². The van der Waals surface area contributed by atoms with E-state index in [1.54, 1.807) is 12.1 Å². The van der Waals surface area contributed by atoms with Crippen molar-refractivity contribution in [1.82, 2.24) is 24.9 Å². The van der Waals surface area contributed by atoms with Crippen LogP contribution in [0.25, 0.3) is 17.0 Å². The van der Waals surface area contributed by atoms with Crippen molar-refractivity contribution in [2.24, 2.45) is 0 Å². The topological polar surface area (TPSA) is 61.6 Å².